The van der Waals surface area contributed by atoms with Gasteiger partial charge in [0.2, 0.25) is 0 Å². The molecule has 0 radical (unpaired) electrons. The predicted molar refractivity (Wildman–Crippen MR) is 70.0 cm³/mol. The fourth-order valence-corrected chi connectivity index (χ4v) is 1.70. The van der Waals surface area contributed by atoms with Crippen LogP contribution in [-0.4, -0.2) is 22.1 Å². The van der Waals surface area contributed by atoms with Crippen molar-refractivity contribution >= 4 is 12.6 Å². The fraction of sp³-hybridized carbons (Fsp3) is 0.538. The second-order valence-electron chi connectivity index (χ2n) is 5.07. The zero-order valence-corrected chi connectivity index (χ0v) is 10.9. The van der Waals surface area contributed by atoms with Gasteiger partial charge in [-0.2, -0.15) is 12.6 Å². The van der Waals surface area contributed by atoms with E-state index in [9.17, 15) is 10.2 Å². The van der Waals surface area contributed by atoms with Crippen molar-refractivity contribution in [1.29, 1.82) is 0 Å². The molecule has 0 aliphatic heterocycles. The summed E-state index contributed by atoms with van der Waals surface area (Å²) in [5.74, 6) is 0.252. The molecule has 0 bridgehead atoms. The lowest BCUT2D eigenvalue weighted by Crippen LogP contribution is -2.20. The van der Waals surface area contributed by atoms with Gasteiger partial charge >= 0.3 is 0 Å². The van der Waals surface area contributed by atoms with Crippen LogP contribution < -0.4 is 0 Å². The van der Waals surface area contributed by atoms with Crippen molar-refractivity contribution in [2.24, 2.45) is 0 Å². The Bertz CT molecular complexity index is 327. The van der Waals surface area contributed by atoms with Crippen LogP contribution in [0.4, 0.5) is 0 Å². The first-order chi connectivity index (χ1) is 7.36. The standard InChI is InChI=1S/C13H20O2S/c1-13(2,3)10-6-4-9(5-7-10)12(15)11(14)8-16/h4-7,11-12,14-16H,8H2,1-3H3. The van der Waals surface area contributed by atoms with Gasteiger partial charge in [-0.1, -0.05) is 45.0 Å². The summed E-state index contributed by atoms with van der Waals surface area (Å²) in [5.41, 5.74) is 2.05. The van der Waals surface area contributed by atoms with Crippen molar-refractivity contribution in [2.45, 2.75) is 38.4 Å². The summed E-state index contributed by atoms with van der Waals surface area (Å²) in [6.07, 6.45) is -1.67. The quantitative estimate of drug-likeness (QED) is 0.710. The molecule has 0 heterocycles. The highest BCUT2D eigenvalue weighted by atomic mass is 32.1. The molecular weight excluding hydrogens is 220 g/mol. The molecule has 1 aromatic carbocycles. The van der Waals surface area contributed by atoms with E-state index in [1.807, 2.05) is 24.3 Å². The molecule has 2 atom stereocenters. The van der Waals surface area contributed by atoms with Gasteiger partial charge in [0, 0.05) is 5.75 Å². The average molecular weight is 240 g/mol. The van der Waals surface area contributed by atoms with Gasteiger partial charge in [-0.3, -0.25) is 0 Å². The van der Waals surface area contributed by atoms with Crippen molar-refractivity contribution < 1.29 is 10.2 Å². The van der Waals surface area contributed by atoms with Crippen LogP contribution >= 0.6 is 12.6 Å². The van der Waals surface area contributed by atoms with Gasteiger partial charge in [-0.15, -0.1) is 0 Å². The molecule has 0 saturated carbocycles. The molecular formula is C13H20O2S. The van der Waals surface area contributed by atoms with Gasteiger partial charge in [-0.25, -0.2) is 0 Å². The van der Waals surface area contributed by atoms with E-state index in [-0.39, 0.29) is 11.2 Å². The monoisotopic (exact) mass is 240 g/mol. The third-order valence-corrected chi connectivity index (χ3v) is 3.04. The molecule has 1 aromatic rings. The largest absolute Gasteiger partial charge is 0.389 e. The average Bonchev–Trinajstić information content (AvgIpc) is 2.26. The van der Waals surface area contributed by atoms with Crippen LogP contribution in [0.5, 0.6) is 0 Å². The van der Waals surface area contributed by atoms with Crippen LogP contribution in [-0.2, 0) is 5.41 Å². The van der Waals surface area contributed by atoms with Crippen LogP contribution in [0.15, 0.2) is 24.3 Å². The molecule has 16 heavy (non-hydrogen) atoms. The van der Waals surface area contributed by atoms with Crippen LogP contribution in [0.2, 0.25) is 0 Å². The Labute approximate surface area is 103 Å². The smallest absolute Gasteiger partial charge is 0.106 e. The first-order valence-electron chi connectivity index (χ1n) is 5.43. The van der Waals surface area contributed by atoms with Crippen LogP contribution in [0, 0.1) is 0 Å². The summed E-state index contributed by atoms with van der Waals surface area (Å²) < 4.78 is 0. The van der Waals surface area contributed by atoms with Gasteiger partial charge in [0.15, 0.2) is 0 Å². The summed E-state index contributed by atoms with van der Waals surface area (Å²) in [7, 11) is 0. The van der Waals surface area contributed by atoms with Crippen molar-refractivity contribution in [3.05, 3.63) is 35.4 Å². The van der Waals surface area contributed by atoms with Gasteiger partial charge in [0.25, 0.3) is 0 Å². The molecule has 0 aromatic heterocycles. The minimum absolute atomic E-state index is 0.103. The highest BCUT2D eigenvalue weighted by Gasteiger charge is 2.18. The molecule has 0 fully saturated rings. The molecule has 2 N–H and O–H groups in total. The maximum atomic E-state index is 9.78. The Morgan fingerprint density at radius 2 is 1.62 bits per heavy atom. The number of hydrogen-bond donors (Lipinski definition) is 3. The summed E-state index contributed by atoms with van der Waals surface area (Å²) >= 11 is 3.96. The van der Waals surface area contributed by atoms with Gasteiger partial charge in [0.1, 0.15) is 6.10 Å². The number of rotatable bonds is 3. The van der Waals surface area contributed by atoms with Crippen molar-refractivity contribution in [3.8, 4) is 0 Å². The van der Waals surface area contributed by atoms with Crippen molar-refractivity contribution in [3.63, 3.8) is 0 Å². The Kier molecular flexibility index (Phi) is 4.42. The highest BCUT2D eigenvalue weighted by molar-refractivity contribution is 7.80. The fourth-order valence-electron chi connectivity index (χ4n) is 1.50. The van der Waals surface area contributed by atoms with Gasteiger partial charge in [-0.05, 0) is 16.5 Å². The van der Waals surface area contributed by atoms with E-state index in [2.05, 4.69) is 33.4 Å². The van der Waals surface area contributed by atoms with Gasteiger partial charge < -0.3 is 10.2 Å². The summed E-state index contributed by atoms with van der Waals surface area (Å²) in [6, 6.07) is 7.70. The van der Waals surface area contributed by atoms with E-state index in [1.54, 1.807) is 0 Å². The topological polar surface area (TPSA) is 40.5 Å². The van der Waals surface area contributed by atoms with E-state index in [4.69, 9.17) is 0 Å². The maximum absolute atomic E-state index is 9.78. The molecule has 2 nitrogen and oxygen atoms in total. The number of benzene rings is 1. The predicted octanol–water partition coefficient (Wildman–Crippen LogP) is 2.31. The minimum Gasteiger partial charge on any atom is -0.389 e. The summed E-state index contributed by atoms with van der Waals surface area (Å²) in [4.78, 5) is 0. The normalized spacial score (nSPS) is 15.9. The molecule has 0 aliphatic carbocycles. The molecule has 3 heteroatoms. The Balaban J connectivity index is 2.87. The van der Waals surface area contributed by atoms with E-state index in [0.717, 1.165) is 5.56 Å². The van der Waals surface area contributed by atoms with Crippen LogP contribution in [0.25, 0.3) is 0 Å². The van der Waals surface area contributed by atoms with Crippen LogP contribution in [0.1, 0.15) is 38.0 Å². The first-order valence-corrected chi connectivity index (χ1v) is 6.07. The number of aliphatic hydroxyl groups is 2. The minimum atomic E-state index is -0.855. The maximum Gasteiger partial charge on any atom is 0.106 e. The molecule has 90 valence electrons. The van der Waals surface area contributed by atoms with E-state index >= 15 is 0 Å². The Morgan fingerprint density at radius 3 is 2.00 bits per heavy atom. The van der Waals surface area contributed by atoms with E-state index in [1.165, 1.54) is 5.56 Å². The molecule has 0 spiro atoms. The second kappa shape index (κ2) is 5.21. The number of hydrogen-bond acceptors (Lipinski definition) is 3. The zero-order chi connectivity index (χ0) is 12.3. The number of thiol groups is 1. The van der Waals surface area contributed by atoms with Crippen LogP contribution in [0.3, 0.4) is 0 Å². The zero-order valence-electron chi connectivity index (χ0n) is 10.0. The number of aliphatic hydroxyl groups excluding tert-OH is 2. The second-order valence-corrected chi connectivity index (χ2v) is 5.43. The molecule has 0 saturated heterocycles. The van der Waals surface area contributed by atoms with Gasteiger partial charge in [0.05, 0.1) is 6.10 Å². The lowest BCUT2D eigenvalue weighted by atomic mass is 9.86. The molecule has 1 rings (SSSR count). The summed E-state index contributed by atoms with van der Waals surface area (Å²) in [6.45, 7) is 6.42. The molecule has 0 amide bonds. The lowest BCUT2D eigenvalue weighted by Gasteiger charge is -2.21. The first kappa shape index (κ1) is 13.6. The SMILES string of the molecule is CC(C)(C)c1ccc(C(O)C(O)CS)cc1. The van der Waals surface area contributed by atoms with Crippen molar-refractivity contribution in [1.82, 2.24) is 0 Å². The van der Waals surface area contributed by atoms with Crippen molar-refractivity contribution in [2.75, 3.05) is 5.75 Å². The third-order valence-electron chi connectivity index (χ3n) is 2.67. The summed E-state index contributed by atoms with van der Waals surface area (Å²) in [5, 5.41) is 19.3. The Morgan fingerprint density at radius 1 is 1.12 bits per heavy atom. The lowest BCUT2D eigenvalue weighted by molar-refractivity contribution is 0.0337. The van der Waals surface area contributed by atoms with E-state index in [0.29, 0.717) is 0 Å². The Hall–Kier alpha value is -0.510. The third kappa shape index (κ3) is 3.24. The molecule has 0 aliphatic rings. The molecule has 2 unspecified atom stereocenters. The van der Waals surface area contributed by atoms with E-state index < -0.39 is 12.2 Å². The highest BCUT2D eigenvalue weighted by Crippen LogP contribution is 2.25.